The summed E-state index contributed by atoms with van der Waals surface area (Å²) >= 11 is 5.90. The van der Waals surface area contributed by atoms with E-state index in [1.165, 1.54) is 15.7 Å². The van der Waals surface area contributed by atoms with Crippen molar-refractivity contribution in [2.24, 2.45) is 0 Å². The zero-order valence-electron chi connectivity index (χ0n) is 11.1. The minimum Gasteiger partial charge on any atom is -0.297 e. The van der Waals surface area contributed by atoms with Gasteiger partial charge in [0.1, 0.15) is 5.15 Å². The van der Waals surface area contributed by atoms with Gasteiger partial charge in [0.15, 0.2) is 0 Å². The van der Waals surface area contributed by atoms with Gasteiger partial charge in [0, 0.05) is 12.5 Å². The highest BCUT2D eigenvalue weighted by molar-refractivity contribution is 6.30. The van der Waals surface area contributed by atoms with E-state index in [0.717, 1.165) is 6.42 Å². The van der Waals surface area contributed by atoms with Crippen LogP contribution in [0.25, 0.3) is 0 Å². The van der Waals surface area contributed by atoms with Gasteiger partial charge in [-0.1, -0.05) is 42.8 Å². The normalized spacial score (nSPS) is 16.6. The summed E-state index contributed by atoms with van der Waals surface area (Å²) in [5, 5.41) is 0.160. The lowest BCUT2D eigenvalue weighted by Gasteiger charge is -2.30. The molecule has 0 amide bonds. The van der Waals surface area contributed by atoms with Crippen molar-refractivity contribution in [3.63, 3.8) is 0 Å². The average Bonchev–Trinajstić information content (AvgIpc) is 2.39. The molecule has 0 fully saturated rings. The smallest absolute Gasteiger partial charge is 0.297 e. The lowest BCUT2D eigenvalue weighted by atomic mass is 9.77. The fraction of sp³-hybridized carbons (Fsp3) is 0.333. The Morgan fingerprint density at radius 1 is 1.35 bits per heavy atom. The molecule has 1 N–H and O–H groups in total. The number of aromatic nitrogens is 2. The van der Waals surface area contributed by atoms with Crippen molar-refractivity contribution < 1.29 is 0 Å². The number of halogens is 1. The molecular formula is C15H15ClN2O2. The SMILES string of the molecule is CCc1c(Cl)[nH]c(=O)n(CC2Cc3ccccc32)c1=O. The lowest BCUT2D eigenvalue weighted by molar-refractivity contribution is 0.481. The molecule has 2 aromatic rings. The predicted molar refractivity (Wildman–Crippen MR) is 78.6 cm³/mol. The summed E-state index contributed by atoms with van der Waals surface area (Å²) in [6, 6.07) is 8.13. The highest BCUT2D eigenvalue weighted by atomic mass is 35.5. The van der Waals surface area contributed by atoms with E-state index >= 15 is 0 Å². The van der Waals surface area contributed by atoms with E-state index in [4.69, 9.17) is 11.6 Å². The van der Waals surface area contributed by atoms with Crippen molar-refractivity contribution in [1.82, 2.24) is 9.55 Å². The Kier molecular flexibility index (Phi) is 3.26. The van der Waals surface area contributed by atoms with Crippen LogP contribution in [0.1, 0.15) is 29.5 Å². The van der Waals surface area contributed by atoms with Gasteiger partial charge in [-0.3, -0.25) is 14.3 Å². The van der Waals surface area contributed by atoms with Crippen LogP contribution >= 0.6 is 11.6 Å². The van der Waals surface area contributed by atoms with Crippen molar-refractivity contribution >= 4 is 11.6 Å². The Balaban J connectivity index is 1.98. The minimum absolute atomic E-state index is 0.160. The van der Waals surface area contributed by atoms with Crippen molar-refractivity contribution in [1.29, 1.82) is 0 Å². The monoisotopic (exact) mass is 290 g/mol. The fourth-order valence-electron chi connectivity index (χ4n) is 2.80. The van der Waals surface area contributed by atoms with Gasteiger partial charge >= 0.3 is 5.69 Å². The van der Waals surface area contributed by atoms with E-state index in [0.29, 0.717) is 18.5 Å². The molecule has 0 radical (unpaired) electrons. The molecule has 1 atom stereocenters. The van der Waals surface area contributed by atoms with Gasteiger partial charge in [-0.15, -0.1) is 0 Å². The molecule has 3 rings (SSSR count). The molecule has 1 heterocycles. The lowest BCUT2D eigenvalue weighted by Crippen LogP contribution is -2.40. The number of hydrogen-bond donors (Lipinski definition) is 1. The number of benzene rings is 1. The maximum Gasteiger partial charge on any atom is 0.329 e. The van der Waals surface area contributed by atoms with Crippen molar-refractivity contribution in [3.8, 4) is 0 Å². The molecule has 20 heavy (non-hydrogen) atoms. The van der Waals surface area contributed by atoms with Gasteiger partial charge in [0.25, 0.3) is 5.56 Å². The summed E-state index contributed by atoms with van der Waals surface area (Å²) in [6.45, 7) is 2.26. The van der Waals surface area contributed by atoms with Gasteiger partial charge in [-0.25, -0.2) is 4.79 Å². The number of hydrogen-bond acceptors (Lipinski definition) is 2. The molecule has 5 heteroatoms. The molecule has 104 valence electrons. The zero-order chi connectivity index (χ0) is 14.3. The topological polar surface area (TPSA) is 54.9 Å². The number of aromatic amines is 1. The second kappa shape index (κ2) is 4.94. The van der Waals surface area contributed by atoms with E-state index in [1.54, 1.807) is 0 Å². The highest BCUT2D eigenvalue weighted by Gasteiger charge is 2.27. The average molecular weight is 291 g/mol. The fourth-order valence-corrected chi connectivity index (χ4v) is 3.10. The maximum atomic E-state index is 12.3. The molecule has 0 aliphatic heterocycles. The van der Waals surface area contributed by atoms with Crippen LogP contribution in [0.15, 0.2) is 33.9 Å². The van der Waals surface area contributed by atoms with Gasteiger partial charge in [0.05, 0.1) is 5.56 Å². The van der Waals surface area contributed by atoms with Crippen LogP contribution in [0.3, 0.4) is 0 Å². The van der Waals surface area contributed by atoms with E-state index < -0.39 is 5.69 Å². The molecule has 1 aliphatic carbocycles. The zero-order valence-corrected chi connectivity index (χ0v) is 11.9. The number of nitrogens with zero attached hydrogens (tertiary/aromatic N) is 1. The van der Waals surface area contributed by atoms with E-state index in [-0.39, 0.29) is 16.6 Å². The number of fused-ring (bicyclic) bond motifs is 1. The highest BCUT2D eigenvalue weighted by Crippen LogP contribution is 2.35. The summed E-state index contributed by atoms with van der Waals surface area (Å²) < 4.78 is 1.27. The second-order valence-corrected chi connectivity index (χ2v) is 5.47. The van der Waals surface area contributed by atoms with Crippen molar-refractivity contribution in [2.45, 2.75) is 32.2 Å². The number of nitrogens with one attached hydrogen (secondary N) is 1. The molecule has 0 bridgehead atoms. The number of H-pyrrole nitrogens is 1. The quantitative estimate of drug-likeness (QED) is 0.880. The second-order valence-electron chi connectivity index (χ2n) is 5.09. The van der Waals surface area contributed by atoms with Crippen LogP contribution in [0.5, 0.6) is 0 Å². The van der Waals surface area contributed by atoms with Gasteiger partial charge < -0.3 is 0 Å². The summed E-state index contributed by atoms with van der Waals surface area (Å²) in [6.07, 6.45) is 1.42. The van der Waals surface area contributed by atoms with Gasteiger partial charge in [0.2, 0.25) is 0 Å². The third kappa shape index (κ3) is 2.00. The first kappa shape index (κ1) is 13.2. The summed E-state index contributed by atoms with van der Waals surface area (Å²) in [7, 11) is 0. The minimum atomic E-state index is -0.429. The first-order valence-electron chi connectivity index (χ1n) is 6.71. The van der Waals surface area contributed by atoms with E-state index in [1.807, 2.05) is 19.1 Å². The number of rotatable bonds is 3. The van der Waals surface area contributed by atoms with Crippen molar-refractivity contribution in [3.05, 3.63) is 66.9 Å². The summed E-state index contributed by atoms with van der Waals surface area (Å²) in [5.41, 5.74) is 2.30. The van der Waals surface area contributed by atoms with Crippen LogP contribution < -0.4 is 11.2 Å². The van der Waals surface area contributed by atoms with Gasteiger partial charge in [-0.2, -0.15) is 0 Å². The Morgan fingerprint density at radius 2 is 2.10 bits per heavy atom. The van der Waals surface area contributed by atoms with Gasteiger partial charge in [-0.05, 0) is 24.0 Å². The predicted octanol–water partition coefficient (Wildman–Crippen LogP) is 2.09. The largest absolute Gasteiger partial charge is 0.329 e. The van der Waals surface area contributed by atoms with Crippen LogP contribution in [-0.4, -0.2) is 9.55 Å². The summed E-state index contributed by atoms with van der Waals surface area (Å²) in [5.74, 6) is 0.232. The standard InChI is InChI=1S/C15H15ClN2O2/c1-2-11-13(16)17-15(20)18(14(11)19)8-10-7-9-5-3-4-6-12(9)10/h3-6,10H,2,7-8H2,1H3,(H,17,20). The Hall–Kier alpha value is -1.81. The molecule has 1 unspecified atom stereocenters. The first-order valence-corrected chi connectivity index (χ1v) is 7.09. The third-order valence-electron chi connectivity index (χ3n) is 3.95. The molecule has 4 nitrogen and oxygen atoms in total. The maximum absolute atomic E-state index is 12.3. The Bertz CT molecular complexity index is 776. The molecule has 1 aromatic carbocycles. The molecule has 0 spiro atoms. The van der Waals surface area contributed by atoms with Crippen molar-refractivity contribution in [2.75, 3.05) is 0 Å². The molecule has 0 saturated carbocycles. The Labute approximate surface area is 121 Å². The molecular weight excluding hydrogens is 276 g/mol. The van der Waals surface area contributed by atoms with Crippen LogP contribution in [0.4, 0.5) is 0 Å². The van der Waals surface area contributed by atoms with Crippen LogP contribution in [0.2, 0.25) is 5.15 Å². The molecule has 1 aromatic heterocycles. The van der Waals surface area contributed by atoms with E-state index in [2.05, 4.69) is 17.1 Å². The van der Waals surface area contributed by atoms with Crippen LogP contribution in [-0.2, 0) is 19.4 Å². The molecule has 0 saturated heterocycles. The summed E-state index contributed by atoms with van der Waals surface area (Å²) in [4.78, 5) is 26.8. The van der Waals surface area contributed by atoms with E-state index in [9.17, 15) is 9.59 Å². The molecule has 1 aliphatic rings. The van der Waals surface area contributed by atoms with Crippen LogP contribution in [0, 0.1) is 0 Å². The Morgan fingerprint density at radius 3 is 2.80 bits per heavy atom. The first-order chi connectivity index (χ1) is 9.61. The third-order valence-corrected chi connectivity index (χ3v) is 4.27.